The number of hydrogen-bond donors (Lipinski definition) is 2. The van der Waals surface area contributed by atoms with Gasteiger partial charge < -0.3 is 10.1 Å². The average Bonchev–Trinajstić information content (AvgIpc) is 2.42. The summed E-state index contributed by atoms with van der Waals surface area (Å²) in [5, 5.41) is 5.01. The van der Waals surface area contributed by atoms with Crippen molar-refractivity contribution in [2.24, 2.45) is 5.92 Å². The molecular weight excluding hydrogens is 309 g/mol. The first-order valence-corrected chi connectivity index (χ1v) is 6.78. The van der Waals surface area contributed by atoms with Gasteiger partial charge in [-0.2, -0.15) is 0 Å². The molecule has 114 valence electrons. The highest BCUT2D eigenvalue weighted by atomic mass is 35.5. The maximum Gasteiger partial charge on any atom is 0.412 e. The summed E-state index contributed by atoms with van der Waals surface area (Å²) in [6, 6.07) is 2.74. The molecule has 0 aromatic heterocycles. The second-order valence-corrected chi connectivity index (χ2v) is 5.63. The predicted molar refractivity (Wildman–Crippen MR) is 70.2 cm³/mol. The Bertz CT molecular complexity index is 599. The number of fused-ring (bicyclic) bond motifs is 2. The number of nitrogens with one attached hydrogen (secondary N) is 2. The highest BCUT2D eigenvalue weighted by molar-refractivity contribution is 6.31. The number of carbonyl (C=O) groups excluding carboxylic acids is 1. The Kier molecular flexibility index (Phi) is 3.49. The summed E-state index contributed by atoms with van der Waals surface area (Å²) in [5.74, 6) is -1.79. The maximum absolute atomic E-state index is 14.4. The van der Waals surface area contributed by atoms with Gasteiger partial charge in [0.25, 0.3) is 0 Å². The normalized spacial score (nSPS) is 28.2. The molecule has 0 radical (unpaired) electrons. The van der Waals surface area contributed by atoms with Crippen LogP contribution in [0.4, 0.5) is 23.7 Å². The fourth-order valence-electron chi connectivity index (χ4n) is 2.94. The largest absolute Gasteiger partial charge is 0.436 e. The smallest absolute Gasteiger partial charge is 0.412 e. The molecule has 0 unspecified atom stereocenters. The third-order valence-electron chi connectivity index (χ3n) is 3.84. The minimum atomic E-state index is -2.59. The number of amides is 1. The van der Waals surface area contributed by atoms with Crippen molar-refractivity contribution in [1.29, 1.82) is 0 Å². The van der Waals surface area contributed by atoms with E-state index in [1.54, 1.807) is 0 Å². The van der Waals surface area contributed by atoms with E-state index in [2.05, 4.69) is 10.6 Å². The van der Waals surface area contributed by atoms with Gasteiger partial charge in [-0.3, -0.25) is 5.32 Å². The van der Waals surface area contributed by atoms with E-state index >= 15 is 0 Å². The van der Waals surface area contributed by atoms with Crippen LogP contribution in [0.15, 0.2) is 12.1 Å². The molecule has 0 bridgehead atoms. The van der Waals surface area contributed by atoms with E-state index < -0.39 is 29.9 Å². The molecule has 1 fully saturated rings. The molecule has 1 amide bonds. The third kappa shape index (κ3) is 2.34. The quantitative estimate of drug-likeness (QED) is 0.836. The number of benzene rings is 1. The lowest BCUT2D eigenvalue weighted by molar-refractivity contribution is -0.0568. The number of hydrogen-bond acceptors (Lipinski definition) is 3. The van der Waals surface area contributed by atoms with Crippen LogP contribution in [-0.2, 0) is 10.3 Å². The van der Waals surface area contributed by atoms with Crippen LogP contribution < -0.4 is 10.6 Å². The molecule has 2 heterocycles. The van der Waals surface area contributed by atoms with Crippen molar-refractivity contribution >= 4 is 23.4 Å². The number of carbonyl (C=O) groups is 1. The molecule has 1 spiro atoms. The summed E-state index contributed by atoms with van der Waals surface area (Å²) < 4.78 is 45.6. The third-order valence-corrected chi connectivity index (χ3v) is 4.13. The zero-order valence-electron chi connectivity index (χ0n) is 10.8. The van der Waals surface area contributed by atoms with Gasteiger partial charge in [0.05, 0.1) is 16.3 Å². The fraction of sp³-hybridized carbons (Fsp3) is 0.462. The van der Waals surface area contributed by atoms with E-state index in [0.29, 0.717) is 0 Å². The van der Waals surface area contributed by atoms with Crippen LogP contribution in [0, 0.1) is 11.7 Å². The average molecular weight is 321 g/mol. The second kappa shape index (κ2) is 5.06. The first-order valence-electron chi connectivity index (χ1n) is 6.40. The Morgan fingerprint density at radius 1 is 1.43 bits per heavy atom. The summed E-state index contributed by atoms with van der Waals surface area (Å²) in [6.07, 6.45) is -3.54. The molecule has 8 heteroatoms. The fourth-order valence-corrected chi connectivity index (χ4v) is 3.10. The molecule has 4 nitrogen and oxygen atoms in total. The van der Waals surface area contributed by atoms with Crippen molar-refractivity contribution in [2.75, 3.05) is 18.4 Å². The minimum absolute atomic E-state index is 0.0208. The van der Waals surface area contributed by atoms with E-state index in [0.717, 1.165) is 0 Å². The molecule has 0 saturated carbocycles. The molecule has 0 aliphatic carbocycles. The summed E-state index contributed by atoms with van der Waals surface area (Å²) in [7, 11) is 0. The van der Waals surface area contributed by atoms with Crippen LogP contribution in [0.25, 0.3) is 0 Å². The highest BCUT2D eigenvalue weighted by Gasteiger charge is 2.49. The SMILES string of the molecule is O=C1Nc2ccc(Cl)c(F)c2[C@]2(CNC[C@@H](C(F)F)C2)O1. The second-order valence-electron chi connectivity index (χ2n) is 5.22. The molecule has 2 aliphatic heterocycles. The molecule has 2 N–H and O–H groups in total. The number of ether oxygens (including phenoxy) is 1. The van der Waals surface area contributed by atoms with E-state index in [1.165, 1.54) is 12.1 Å². The van der Waals surface area contributed by atoms with E-state index in [4.69, 9.17) is 16.3 Å². The summed E-state index contributed by atoms with van der Waals surface area (Å²) in [5.41, 5.74) is -1.25. The van der Waals surface area contributed by atoms with Crippen LogP contribution in [-0.4, -0.2) is 25.6 Å². The van der Waals surface area contributed by atoms with Crippen LogP contribution in [0.1, 0.15) is 12.0 Å². The monoisotopic (exact) mass is 320 g/mol. The molecule has 2 atom stereocenters. The van der Waals surface area contributed by atoms with Gasteiger partial charge in [-0.05, 0) is 12.1 Å². The molecule has 1 aromatic carbocycles. The lowest BCUT2D eigenvalue weighted by Crippen LogP contribution is -2.54. The lowest BCUT2D eigenvalue weighted by Gasteiger charge is -2.43. The standard InChI is InChI=1S/C13H12ClF3N2O2/c14-7-1-2-8-9(10(7)15)13(21-12(20)19-8)3-6(11(16)17)4-18-5-13/h1-2,6,11,18H,3-5H2,(H,19,20)/t6-,13-/m0/s1. The molecule has 1 aromatic rings. The van der Waals surface area contributed by atoms with Crippen molar-refractivity contribution in [3.63, 3.8) is 0 Å². The van der Waals surface area contributed by atoms with Crippen molar-refractivity contribution in [3.05, 3.63) is 28.5 Å². The van der Waals surface area contributed by atoms with Gasteiger partial charge in [-0.1, -0.05) is 11.6 Å². The molecule has 2 aliphatic rings. The van der Waals surface area contributed by atoms with E-state index in [-0.39, 0.29) is 35.8 Å². The Balaban J connectivity index is 2.11. The van der Waals surface area contributed by atoms with Gasteiger partial charge in [0.1, 0.15) is 0 Å². The highest BCUT2D eigenvalue weighted by Crippen LogP contribution is 2.45. The Hall–Kier alpha value is -1.47. The van der Waals surface area contributed by atoms with Crippen LogP contribution in [0.2, 0.25) is 5.02 Å². The van der Waals surface area contributed by atoms with Gasteiger partial charge >= 0.3 is 6.09 Å². The topological polar surface area (TPSA) is 50.4 Å². The van der Waals surface area contributed by atoms with Crippen LogP contribution in [0.3, 0.4) is 0 Å². The van der Waals surface area contributed by atoms with Gasteiger partial charge in [0.2, 0.25) is 6.43 Å². The predicted octanol–water partition coefficient (Wildman–Crippen LogP) is 3.11. The Morgan fingerprint density at radius 2 is 2.19 bits per heavy atom. The number of alkyl halides is 2. The summed E-state index contributed by atoms with van der Waals surface area (Å²) in [4.78, 5) is 11.7. The van der Waals surface area contributed by atoms with Gasteiger partial charge in [0, 0.05) is 25.4 Å². The first-order chi connectivity index (χ1) is 9.93. The molecular formula is C13H12ClF3N2O2. The number of piperidine rings is 1. The molecule has 21 heavy (non-hydrogen) atoms. The Morgan fingerprint density at radius 3 is 2.90 bits per heavy atom. The summed E-state index contributed by atoms with van der Waals surface area (Å²) >= 11 is 5.77. The van der Waals surface area contributed by atoms with E-state index in [1.807, 2.05) is 0 Å². The first kappa shape index (κ1) is 14.5. The van der Waals surface area contributed by atoms with Crippen molar-refractivity contribution in [1.82, 2.24) is 5.32 Å². The van der Waals surface area contributed by atoms with Crippen molar-refractivity contribution in [3.8, 4) is 0 Å². The van der Waals surface area contributed by atoms with Gasteiger partial charge in [-0.15, -0.1) is 0 Å². The maximum atomic E-state index is 14.4. The zero-order valence-corrected chi connectivity index (χ0v) is 11.5. The zero-order chi connectivity index (χ0) is 15.2. The molecule has 3 rings (SSSR count). The number of rotatable bonds is 1. The molecule has 1 saturated heterocycles. The van der Waals surface area contributed by atoms with Crippen LogP contribution in [0.5, 0.6) is 0 Å². The lowest BCUT2D eigenvalue weighted by atomic mass is 9.79. The Labute approximate surface area is 123 Å². The summed E-state index contributed by atoms with van der Waals surface area (Å²) in [6.45, 7) is 0.149. The van der Waals surface area contributed by atoms with Crippen LogP contribution >= 0.6 is 11.6 Å². The van der Waals surface area contributed by atoms with Gasteiger partial charge in [-0.25, -0.2) is 18.0 Å². The van der Waals surface area contributed by atoms with E-state index in [9.17, 15) is 18.0 Å². The number of halogens is 4. The van der Waals surface area contributed by atoms with Crippen molar-refractivity contribution in [2.45, 2.75) is 18.4 Å². The van der Waals surface area contributed by atoms with Gasteiger partial charge in [0.15, 0.2) is 11.4 Å². The minimum Gasteiger partial charge on any atom is -0.436 e. The number of anilines is 1. The van der Waals surface area contributed by atoms with Crippen molar-refractivity contribution < 1.29 is 22.7 Å².